The summed E-state index contributed by atoms with van der Waals surface area (Å²) in [6.07, 6.45) is 0. The molecular weight excluding hydrogens is 346 g/mol. The largest absolute Gasteiger partial charge is 0.494 e. The van der Waals surface area contributed by atoms with Crippen LogP contribution in [0.25, 0.3) is 22.9 Å². The number of rotatable bonds is 3. The van der Waals surface area contributed by atoms with Crippen LogP contribution in [0.5, 0.6) is 0 Å². The molecule has 7 heteroatoms. The van der Waals surface area contributed by atoms with Crippen molar-refractivity contribution in [3.05, 3.63) is 54.3 Å². The molecule has 1 saturated heterocycles. The highest BCUT2D eigenvalue weighted by molar-refractivity contribution is 6.62. The minimum Gasteiger partial charge on any atom is -0.416 e. The molecule has 0 aliphatic carbocycles. The molecule has 0 saturated carbocycles. The average Bonchev–Trinajstić information content (AvgIpc) is 3.19. The van der Waals surface area contributed by atoms with E-state index in [0.717, 1.165) is 11.0 Å². The minimum absolute atomic E-state index is 0.309. The van der Waals surface area contributed by atoms with E-state index >= 15 is 0 Å². The van der Waals surface area contributed by atoms with Gasteiger partial charge in [0, 0.05) is 11.1 Å². The third kappa shape index (κ3) is 3.28. The van der Waals surface area contributed by atoms with Crippen molar-refractivity contribution in [3.63, 3.8) is 0 Å². The first kappa shape index (κ1) is 17.9. The minimum atomic E-state index is -0.415. The Morgan fingerprint density at radius 2 is 1.19 bits per heavy atom. The van der Waals surface area contributed by atoms with E-state index in [0.29, 0.717) is 17.3 Å². The van der Waals surface area contributed by atoms with Crippen LogP contribution in [0.3, 0.4) is 0 Å². The topological polar surface area (TPSA) is 57.4 Å². The number of aromatic nitrogens is 2. The van der Waals surface area contributed by atoms with Crippen LogP contribution in [0.15, 0.2) is 52.9 Å². The van der Waals surface area contributed by atoms with Crippen LogP contribution in [-0.4, -0.2) is 28.5 Å². The van der Waals surface area contributed by atoms with Crippen molar-refractivity contribution in [3.8, 4) is 22.9 Å². The van der Waals surface area contributed by atoms with E-state index in [4.69, 9.17) is 13.7 Å². The molecule has 4 rings (SSSR count). The number of benzene rings is 2. The lowest BCUT2D eigenvalue weighted by Gasteiger charge is -2.32. The number of hydrogen-bond acceptors (Lipinski definition) is 5. The summed E-state index contributed by atoms with van der Waals surface area (Å²) in [4.78, 5) is 0. The van der Waals surface area contributed by atoms with E-state index in [-0.39, 0.29) is 17.0 Å². The Balaban J connectivity index is 1.54. The molecule has 27 heavy (non-hydrogen) atoms. The average molecular weight is 366 g/mol. The molecule has 0 atom stereocenters. The standard InChI is InChI=1S/C20H20BFN2O3/c1-19(2)20(3,4)27-21(26-19)15-9-5-13(6-10-15)17-23-24-18(25-17)14-7-11-16(22)12-8-14/h5-12H,1-4H3. The van der Waals surface area contributed by atoms with E-state index < -0.39 is 7.12 Å². The second-order valence-electron chi connectivity index (χ2n) is 7.63. The van der Waals surface area contributed by atoms with E-state index in [1.54, 1.807) is 12.1 Å². The molecule has 0 amide bonds. The van der Waals surface area contributed by atoms with Gasteiger partial charge in [0.2, 0.25) is 11.8 Å². The summed E-state index contributed by atoms with van der Waals surface area (Å²) in [6.45, 7) is 8.10. The Bertz CT molecular complexity index is 936. The van der Waals surface area contributed by atoms with Gasteiger partial charge in [-0.05, 0) is 69.6 Å². The van der Waals surface area contributed by atoms with Crippen molar-refractivity contribution in [1.82, 2.24) is 10.2 Å². The van der Waals surface area contributed by atoms with Gasteiger partial charge in [0.15, 0.2) is 0 Å². The SMILES string of the molecule is CC1(C)OB(c2ccc(-c3nnc(-c4ccc(F)cc4)o3)cc2)OC1(C)C. The van der Waals surface area contributed by atoms with Crippen LogP contribution in [0, 0.1) is 5.82 Å². The Labute approximate surface area is 157 Å². The summed E-state index contributed by atoms with van der Waals surface area (Å²) in [5.41, 5.74) is 1.62. The number of nitrogens with zero attached hydrogens (tertiary/aromatic N) is 2. The van der Waals surface area contributed by atoms with Gasteiger partial charge in [-0.15, -0.1) is 10.2 Å². The monoisotopic (exact) mass is 366 g/mol. The quantitative estimate of drug-likeness (QED) is 0.660. The van der Waals surface area contributed by atoms with Gasteiger partial charge in [-0.2, -0.15) is 0 Å². The molecule has 3 aromatic rings. The van der Waals surface area contributed by atoms with Crippen molar-refractivity contribution >= 4 is 12.6 Å². The van der Waals surface area contributed by atoms with Crippen molar-refractivity contribution in [2.45, 2.75) is 38.9 Å². The van der Waals surface area contributed by atoms with Gasteiger partial charge in [0.1, 0.15) is 5.82 Å². The number of halogens is 1. The molecule has 1 fully saturated rings. The summed E-state index contributed by atoms with van der Waals surface area (Å²) in [7, 11) is -0.415. The molecule has 0 radical (unpaired) electrons. The van der Waals surface area contributed by atoms with Crippen LogP contribution in [0.1, 0.15) is 27.7 Å². The smallest absolute Gasteiger partial charge is 0.416 e. The van der Waals surface area contributed by atoms with E-state index in [1.165, 1.54) is 12.1 Å². The highest BCUT2D eigenvalue weighted by Gasteiger charge is 2.51. The second-order valence-corrected chi connectivity index (χ2v) is 7.63. The third-order valence-electron chi connectivity index (χ3n) is 5.20. The third-order valence-corrected chi connectivity index (χ3v) is 5.20. The fraction of sp³-hybridized carbons (Fsp3) is 0.300. The first-order valence-corrected chi connectivity index (χ1v) is 8.81. The van der Waals surface area contributed by atoms with Crippen LogP contribution in [0.2, 0.25) is 0 Å². The van der Waals surface area contributed by atoms with Crippen molar-refractivity contribution in [2.75, 3.05) is 0 Å². The predicted molar refractivity (Wildman–Crippen MR) is 101 cm³/mol. The molecule has 5 nitrogen and oxygen atoms in total. The van der Waals surface area contributed by atoms with Crippen LogP contribution < -0.4 is 5.46 Å². The highest BCUT2D eigenvalue weighted by Crippen LogP contribution is 2.36. The second kappa shape index (κ2) is 6.28. The van der Waals surface area contributed by atoms with Gasteiger partial charge in [-0.3, -0.25) is 0 Å². The zero-order valence-corrected chi connectivity index (χ0v) is 15.7. The summed E-state index contributed by atoms with van der Waals surface area (Å²) < 4.78 is 30.9. The molecule has 1 aromatic heterocycles. The predicted octanol–water partition coefficient (Wildman–Crippen LogP) is 3.84. The molecule has 0 spiro atoms. The van der Waals surface area contributed by atoms with Gasteiger partial charge in [0.25, 0.3) is 0 Å². The summed E-state index contributed by atoms with van der Waals surface area (Å²) in [5, 5.41) is 8.13. The van der Waals surface area contributed by atoms with Gasteiger partial charge < -0.3 is 13.7 Å². The van der Waals surface area contributed by atoms with Crippen LogP contribution in [-0.2, 0) is 9.31 Å². The van der Waals surface area contributed by atoms with Crippen molar-refractivity contribution < 1.29 is 18.1 Å². The van der Waals surface area contributed by atoms with E-state index in [9.17, 15) is 4.39 Å². The van der Waals surface area contributed by atoms with Gasteiger partial charge >= 0.3 is 7.12 Å². The van der Waals surface area contributed by atoms with Crippen LogP contribution in [0.4, 0.5) is 4.39 Å². The zero-order valence-electron chi connectivity index (χ0n) is 15.7. The van der Waals surface area contributed by atoms with Crippen molar-refractivity contribution in [1.29, 1.82) is 0 Å². The fourth-order valence-electron chi connectivity index (χ4n) is 2.81. The molecule has 2 aromatic carbocycles. The Kier molecular flexibility index (Phi) is 4.16. The lowest BCUT2D eigenvalue weighted by molar-refractivity contribution is 0.00578. The van der Waals surface area contributed by atoms with Crippen LogP contribution >= 0.6 is 0 Å². The summed E-state index contributed by atoms with van der Waals surface area (Å²) in [6, 6.07) is 13.6. The Morgan fingerprint density at radius 3 is 1.67 bits per heavy atom. The maximum Gasteiger partial charge on any atom is 0.494 e. The highest BCUT2D eigenvalue weighted by atomic mass is 19.1. The summed E-state index contributed by atoms with van der Waals surface area (Å²) >= 11 is 0. The number of hydrogen-bond donors (Lipinski definition) is 0. The first-order chi connectivity index (χ1) is 12.7. The molecule has 2 heterocycles. The maximum absolute atomic E-state index is 13.0. The van der Waals surface area contributed by atoms with Gasteiger partial charge in [0.05, 0.1) is 11.2 Å². The Morgan fingerprint density at radius 1 is 0.741 bits per heavy atom. The lowest BCUT2D eigenvalue weighted by atomic mass is 9.79. The molecule has 0 N–H and O–H groups in total. The molecule has 1 aliphatic heterocycles. The van der Waals surface area contributed by atoms with E-state index in [2.05, 4.69) is 10.2 Å². The summed E-state index contributed by atoms with van der Waals surface area (Å²) in [5.74, 6) is 0.437. The maximum atomic E-state index is 13.0. The first-order valence-electron chi connectivity index (χ1n) is 8.81. The molecule has 0 bridgehead atoms. The van der Waals surface area contributed by atoms with Gasteiger partial charge in [-0.25, -0.2) is 4.39 Å². The fourth-order valence-corrected chi connectivity index (χ4v) is 2.81. The molecular formula is C20H20BFN2O3. The van der Waals surface area contributed by atoms with Gasteiger partial charge in [-0.1, -0.05) is 12.1 Å². The van der Waals surface area contributed by atoms with E-state index in [1.807, 2.05) is 52.0 Å². The normalized spacial score (nSPS) is 18.0. The zero-order chi connectivity index (χ0) is 19.2. The molecule has 0 unspecified atom stereocenters. The van der Waals surface area contributed by atoms with Crippen molar-refractivity contribution in [2.24, 2.45) is 0 Å². The molecule has 1 aliphatic rings. The molecule has 138 valence electrons. The lowest BCUT2D eigenvalue weighted by Crippen LogP contribution is -2.41. The Hall–Kier alpha value is -2.51.